The van der Waals surface area contributed by atoms with Crippen molar-refractivity contribution in [3.05, 3.63) is 17.8 Å². The number of nitrogens with zero attached hydrogens (tertiary/aromatic N) is 2. The smallest absolute Gasteiger partial charge is 0.233 e. The van der Waals surface area contributed by atoms with Crippen molar-refractivity contribution in [2.24, 2.45) is 11.3 Å². The first-order valence-corrected chi connectivity index (χ1v) is 7.07. The molecule has 1 fully saturated rings. The van der Waals surface area contributed by atoms with Gasteiger partial charge in [-0.3, -0.25) is 0 Å². The molecule has 1 aliphatic carbocycles. The third-order valence-corrected chi connectivity index (χ3v) is 3.74. The molecular formula is C14H21ClN2O. The van der Waals surface area contributed by atoms with E-state index in [-0.39, 0.29) is 6.10 Å². The summed E-state index contributed by atoms with van der Waals surface area (Å²) in [6, 6.07) is 3.73. The SMILES string of the molecule is CC1CC(Oc2ccc(CCl)nn2)CC(C)(C)C1. The Hall–Kier alpha value is -0.830. The molecule has 1 aromatic heterocycles. The van der Waals surface area contributed by atoms with Gasteiger partial charge >= 0.3 is 0 Å². The minimum atomic E-state index is 0.250. The Morgan fingerprint density at radius 1 is 1.33 bits per heavy atom. The summed E-state index contributed by atoms with van der Waals surface area (Å²) in [7, 11) is 0. The van der Waals surface area contributed by atoms with Crippen molar-refractivity contribution in [3.8, 4) is 5.88 Å². The van der Waals surface area contributed by atoms with Crippen LogP contribution in [0, 0.1) is 11.3 Å². The number of hydrogen-bond donors (Lipinski definition) is 0. The molecule has 0 N–H and O–H groups in total. The van der Waals surface area contributed by atoms with Crippen LogP contribution in [0.25, 0.3) is 0 Å². The molecule has 0 radical (unpaired) electrons. The fourth-order valence-electron chi connectivity index (χ4n) is 3.00. The lowest BCUT2D eigenvalue weighted by molar-refractivity contribution is 0.0525. The Balaban J connectivity index is 1.99. The minimum Gasteiger partial charge on any atom is -0.473 e. The van der Waals surface area contributed by atoms with E-state index in [1.54, 1.807) is 0 Å². The van der Waals surface area contributed by atoms with Crippen molar-refractivity contribution in [3.63, 3.8) is 0 Å². The van der Waals surface area contributed by atoms with Gasteiger partial charge in [0.05, 0.1) is 11.6 Å². The molecule has 2 rings (SSSR count). The first-order chi connectivity index (χ1) is 8.48. The number of aromatic nitrogens is 2. The molecule has 0 aliphatic heterocycles. The van der Waals surface area contributed by atoms with Crippen LogP contribution in [0.5, 0.6) is 5.88 Å². The first kappa shape index (κ1) is 13.6. The summed E-state index contributed by atoms with van der Waals surface area (Å²) in [5.74, 6) is 1.70. The zero-order valence-corrected chi connectivity index (χ0v) is 12.1. The fourth-order valence-corrected chi connectivity index (χ4v) is 3.14. The topological polar surface area (TPSA) is 35.0 Å². The van der Waals surface area contributed by atoms with Crippen molar-refractivity contribution in [2.75, 3.05) is 0 Å². The third kappa shape index (κ3) is 3.58. The number of ether oxygens (including phenoxy) is 1. The monoisotopic (exact) mass is 268 g/mol. The molecule has 100 valence electrons. The van der Waals surface area contributed by atoms with E-state index < -0.39 is 0 Å². The van der Waals surface area contributed by atoms with Gasteiger partial charge in [0.2, 0.25) is 5.88 Å². The van der Waals surface area contributed by atoms with E-state index in [4.69, 9.17) is 16.3 Å². The lowest BCUT2D eigenvalue weighted by Crippen LogP contribution is -2.34. The molecule has 1 aliphatic rings. The molecule has 1 saturated carbocycles. The molecular weight excluding hydrogens is 248 g/mol. The highest BCUT2D eigenvalue weighted by Gasteiger charge is 2.33. The highest BCUT2D eigenvalue weighted by molar-refractivity contribution is 6.16. The Kier molecular flexibility index (Phi) is 4.10. The van der Waals surface area contributed by atoms with Gasteiger partial charge in [-0.15, -0.1) is 16.7 Å². The molecule has 2 atom stereocenters. The number of halogens is 1. The normalized spacial score (nSPS) is 26.9. The number of hydrogen-bond acceptors (Lipinski definition) is 3. The van der Waals surface area contributed by atoms with Gasteiger partial charge in [-0.25, -0.2) is 0 Å². The molecule has 1 aromatic rings. The average Bonchev–Trinajstić information content (AvgIpc) is 2.27. The Morgan fingerprint density at radius 2 is 2.11 bits per heavy atom. The van der Waals surface area contributed by atoms with Crippen molar-refractivity contribution in [1.82, 2.24) is 10.2 Å². The largest absolute Gasteiger partial charge is 0.473 e. The van der Waals surface area contributed by atoms with Gasteiger partial charge in [0.1, 0.15) is 6.10 Å². The van der Waals surface area contributed by atoms with Gasteiger partial charge in [0.25, 0.3) is 0 Å². The van der Waals surface area contributed by atoms with E-state index in [0.29, 0.717) is 23.1 Å². The molecule has 4 heteroatoms. The van der Waals surface area contributed by atoms with Gasteiger partial charge in [-0.05, 0) is 36.7 Å². The third-order valence-electron chi connectivity index (χ3n) is 3.47. The Morgan fingerprint density at radius 3 is 2.67 bits per heavy atom. The van der Waals surface area contributed by atoms with Crippen LogP contribution < -0.4 is 4.74 Å². The van der Waals surface area contributed by atoms with Gasteiger partial charge in [-0.1, -0.05) is 20.8 Å². The molecule has 0 aromatic carbocycles. The molecule has 3 nitrogen and oxygen atoms in total. The van der Waals surface area contributed by atoms with Crippen LogP contribution >= 0.6 is 11.6 Å². The Bertz CT molecular complexity index is 391. The highest BCUT2D eigenvalue weighted by Crippen LogP contribution is 2.39. The van der Waals surface area contributed by atoms with Gasteiger partial charge < -0.3 is 4.74 Å². The predicted octanol–water partition coefficient (Wildman–Crippen LogP) is 3.81. The predicted molar refractivity (Wildman–Crippen MR) is 72.8 cm³/mol. The second kappa shape index (κ2) is 5.43. The summed E-state index contributed by atoms with van der Waals surface area (Å²) in [6.45, 7) is 6.90. The van der Waals surface area contributed by atoms with Crippen molar-refractivity contribution in [1.29, 1.82) is 0 Å². The van der Waals surface area contributed by atoms with Crippen LogP contribution in [0.4, 0.5) is 0 Å². The maximum absolute atomic E-state index is 5.94. The van der Waals surface area contributed by atoms with Crippen molar-refractivity contribution >= 4 is 11.6 Å². The van der Waals surface area contributed by atoms with E-state index in [1.165, 1.54) is 6.42 Å². The Labute approximate surface area is 114 Å². The van der Waals surface area contributed by atoms with Crippen LogP contribution in [-0.2, 0) is 5.88 Å². The lowest BCUT2D eigenvalue weighted by atomic mass is 9.71. The molecule has 18 heavy (non-hydrogen) atoms. The van der Waals surface area contributed by atoms with Crippen LogP contribution in [0.15, 0.2) is 12.1 Å². The van der Waals surface area contributed by atoms with Gasteiger partial charge in [0, 0.05) is 6.07 Å². The number of alkyl halides is 1. The first-order valence-electron chi connectivity index (χ1n) is 6.54. The van der Waals surface area contributed by atoms with E-state index in [1.807, 2.05) is 12.1 Å². The van der Waals surface area contributed by atoms with Crippen LogP contribution in [0.1, 0.15) is 45.7 Å². The summed E-state index contributed by atoms with van der Waals surface area (Å²) in [5, 5.41) is 8.07. The molecule has 0 saturated heterocycles. The average molecular weight is 269 g/mol. The second-order valence-corrected chi connectivity index (χ2v) is 6.42. The lowest BCUT2D eigenvalue weighted by Gasteiger charge is -2.38. The standard InChI is InChI=1S/C14H21ClN2O/c1-10-6-12(8-14(2,3)7-10)18-13-5-4-11(9-15)16-17-13/h4-5,10,12H,6-9H2,1-3H3. The summed E-state index contributed by atoms with van der Waals surface area (Å²) in [5.41, 5.74) is 1.13. The van der Waals surface area contributed by atoms with Gasteiger partial charge in [0.15, 0.2) is 0 Å². The van der Waals surface area contributed by atoms with Crippen LogP contribution in [0.2, 0.25) is 0 Å². The van der Waals surface area contributed by atoms with E-state index in [2.05, 4.69) is 31.0 Å². The molecule has 0 bridgehead atoms. The molecule has 1 heterocycles. The number of rotatable bonds is 3. The van der Waals surface area contributed by atoms with Crippen LogP contribution in [-0.4, -0.2) is 16.3 Å². The summed E-state index contributed by atoms with van der Waals surface area (Å²) < 4.78 is 5.94. The van der Waals surface area contributed by atoms with E-state index >= 15 is 0 Å². The van der Waals surface area contributed by atoms with E-state index in [9.17, 15) is 0 Å². The summed E-state index contributed by atoms with van der Waals surface area (Å²) >= 11 is 5.68. The second-order valence-electron chi connectivity index (χ2n) is 6.15. The maximum Gasteiger partial charge on any atom is 0.233 e. The quantitative estimate of drug-likeness (QED) is 0.782. The van der Waals surface area contributed by atoms with Crippen molar-refractivity contribution < 1.29 is 4.74 Å². The maximum atomic E-state index is 5.94. The van der Waals surface area contributed by atoms with Crippen molar-refractivity contribution in [2.45, 2.75) is 52.0 Å². The summed E-state index contributed by atoms with van der Waals surface area (Å²) in [4.78, 5) is 0. The van der Waals surface area contributed by atoms with Crippen LogP contribution in [0.3, 0.4) is 0 Å². The molecule has 0 amide bonds. The van der Waals surface area contributed by atoms with Gasteiger partial charge in [-0.2, -0.15) is 5.10 Å². The highest BCUT2D eigenvalue weighted by atomic mass is 35.5. The zero-order chi connectivity index (χ0) is 13.2. The zero-order valence-electron chi connectivity index (χ0n) is 11.3. The molecule has 0 spiro atoms. The summed E-state index contributed by atoms with van der Waals surface area (Å²) in [6.07, 6.45) is 3.70. The fraction of sp³-hybridized carbons (Fsp3) is 0.714. The minimum absolute atomic E-state index is 0.250. The van der Waals surface area contributed by atoms with E-state index in [0.717, 1.165) is 18.5 Å². The molecule has 2 unspecified atom stereocenters.